The number of hydrogen-bond donors (Lipinski definition) is 0. The number of allylic oxidation sites excluding steroid dienone is 4. The summed E-state index contributed by atoms with van der Waals surface area (Å²) in [5.41, 5.74) is 4.44. The molecule has 0 heterocycles. The topological polar surface area (TPSA) is 49.4 Å². The van der Waals surface area contributed by atoms with Gasteiger partial charge < -0.3 is 14.6 Å². The lowest BCUT2D eigenvalue weighted by Crippen LogP contribution is -2.29. The largest absolute Gasteiger partial charge is 0.550 e. The van der Waals surface area contributed by atoms with Gasteiger partial charge in [0.1, 0.15) is 0 Å². The van der Waals surface area contributed by atoms with Crippen LogP contribution in [-0.4, -0.2) is 18.7 Å². The molecule has 0 saturated heterocycles. The van der Waals surface area contributed by atoms with E-state index in [9.17, 15) is 9.90 Å². The molecule has 202 valence electrons. The fourth-order valence-electron chi connectivity index (χ4n) is 4.91. The molecule has 0 aromatic carbocycles. The molecule has 1 aliphatic carbocycles. The lowest BCUT2D eigenvalue weighted by molar-refractivity contribution is -0.311. The van der Waals surface area contributed by atoms with Crippen LogP contribution in [-0.2, 0) is 9.53 Å². The molecule has 0 bridgehead atoms. The average molecular weight is 488 g/mol. The Morgan fingerprint density at radius 2 is 1.71 bits per heavy atom. The molecule has 35 heavy (non-hydrogen) atoms. The molecular formula is C32H55O3-. The number of carbonyl (C=O) groups is 1. The number of unbranched alkanes of at least 4 members (excludes halogenated alkanes) is 1. The number of aliphatic carboxylic acids is 1. The number of carbonyl (C=O) groups excluding carboxylic acids is 1. The first-order valence-electron chi connectivity index (χ1n) is 14.5. The second-order valence-electron chi connectivity index (χ2n) is 11.5. The van der Waals surface area contributed by atoms with Crippen LogP contribution in [0.5, 0.6) is 0 Å². The van der Waals surface area contributed by atoms with Gasteiger partial charge in [0.05, 0.1) is 6.10 Å². The van der Waals surface area contributed by atoms with Gasteiger partial charge >= 0.3 is 0 Å². The summed E-state index contributed by atoms with van der Waals surface area (Å²) < 4.78 is 6.32. The van der Waals surface area contributed by atoms with Crippen molar-refractivity contribution in [2.75, 3.05) is 6.61 Å². The summed E-state index contributed by atoms with van der Waals surface area (Å²) >= 11 is 0. The first-order valence-corrected chi connectivity index (χ1v) is 14.5. The first-order chi connectivity index (χ1) is 16.6. The molecule has 0 saturated carbocycles. The summed E-state index contributed by atoms with van der Waals surface area (Å²) in [5.74, 6) is 0.641. The monoisotopic (exact) mass is 487 g/mol. The van der Waals surface area contributed by atoms with E-state index in [4.69, 9.17) is 4.74 Å². The van der Waals surface area contributed by atoms with Gasteiger partial charge in [-0.1, -0.05) is 89.7 Å². The van der Waals surface area contributed by atoms with Crippen molar-refractivity contribution >= 4 is 5.97 Å². The normalized spacial score (nSPS) is 21.3. The Labute approximate surface area is 217 Å². The molecule has 0 aromatic rings. The molecule has 1 rings (SSSR count). The zero-order valence-corrected chi connectivity index (χ0v) is 24.0. The fraction of sp³-hybridized carbons (Fsp3) is 0.781. The summed E-state index contributed by atoms with van der Waals surface area (Å²) in [4.78, 5) is 10.8. The number of carboxylic acids is 1. The molecule has 0 amide bonds. The molecule has 3 nitrogen and oxygen atoms in total. The highest BCUT2D eigenvalue weighted by atomic mass is 16.5. The maximum atomic E-state index is 10.8. The van der Waals surface area contributed by atoms with Crippen LogP contribution in [0.1, 0.15) is 126 Å². The summed E-state index contributed by atoms with van der Waals surface area (Å²) in [6, 6.07) is 0. The summed E-state index contributed by atoms with van der Waals surface area (Å²) in [6.45, 7) is 16.4. The lowest BCUT2D eigenvalue weighted by Gasteiger charge is -2.31. The van der Waals surface area contributed by atoms with Crippen molar-refractivity contribution in [2.45, 2.75) is 132 Å². The zero-order valence-electron chi connectivity index (χ0n) is 24.0. The van der Waals surface area contributed by atoms with E-state index in [0.29, 0.717) is 11.8 Å². The van der Waals surface area contributed by atoms with Crippen molar-refractivity contribution in [2.24, 2.45) is 23.7 Å². The van der Waals surface area contributed by atoms with Gasteiger partial charge in [-0.3, -0.25) is 0 Å². The third kappa shape index (κ3) is 13.5. The highest BCUT2D eigenvalue weighted by Crippen LogP contribution is 2.32. The van der Waals surface area contributed by atoms with Crippen LogP contribution in [0.2, 0.25) is 0 Å². The van der Waals surface area contributed by atoms with E-state index in [1.807, 2.05) is 0 Å². The molecule has 1 aliphatic rings. The van der Waals surface area contributed by atoms with Crippen LogP contribution >= 0.6 is 0 Å². The minimum Gasteiger partial charge on any atom is -0.550 e. The van der Waals surface area contributed by atoms with E-state index >= 15 is 0 Å². The predicted molar refractivity (Wildman–Crippen MR) is 148 cm³/mol. The summed E-state index contributed by atoms with van der Waals surface area (Å²) in [7, 11) is 0. The van der Waals surface area contributed by atoms with Gasteiger partial charge in [0.15, 0.2) is 0 Å². The highest BCUT2D eigenvalue weighted by Gasteiger charge is 2.26. The molecule has 0 spiro atoms. The smallest absolute Gasteiger partial charge is 0.0850 e. The lowest BCUT2D eigenvalue weighted by atomic mass is 9.83. The molecule has 5 atom stereocenters. The van der Waals surface area contributed by atoms with Crippen LogP contribution in [0.25, 0.3) is 0 Å². The van der Waals surface area contributed by atoms with Crippen LogP contribution in [0.3, 0.4) is 0 Å². The van der Waals surface area contributed by atoms with Crippen LogP contribution in [0.4, 0.5) is 0 Å². The molecule has 5 unspecified atom stereocenters. The summed E-state index contributed by atoms with van der Waals surface area (Å²) in [6.07, 6.45) is 21.0. The van der Waals surface area contributed by atoms with Crippen molar-refractivity contribution in [3.8, 4) is 0 Å². The standard InChI is InChI=1S/C32H56O3/c1-8-9-23-35-31-29(7)27(5)20-22-30(31)21-19-26(4)16-11-15-24(2)13-10-14-25(3)17-12-18-28(6)32(33)34/h13,20,22,25-26,28-29,31H,8-12,14-19,21,23H2,1-7H3,(H,33,34)/p-1/b24-13+. The van der Waals surface area contributed by atoms with Gasteiger partial charge in [0, 0.05) is 18.5 Å². The van der Waals surface area contributed by atoms with E-state index in [0.717, 1.165) is 51.0 Å². The van der Waals surface area contributed by atoms with Crippen LogP contribution < -0.4 is 5.11 Å². The van der Waals surface area contributed by atoms with E-state index in [-0.39, 0.29) is 12.0 Å². The fourth-order valence-corrected chi connectivity index (χ4v) is 4.91. The molecule has 0 N–H and O–H groups in total. The average Bonchev–Trinajstić information content (AvgIpc) is 2.81. The zero-order chi connectivity index (χ0) is 26.2. The van der Waals surface area contributed by atoms with Gasteiger partial charge in [-0.25, -0.2) is 0 Å². The van der Waals surface area contributed by atoms with Crippen molar-refractivity contribution in [1.82, 2.24) is 0 Å². The van der Waals surface area contributed by atoms with Gasteiger partial charge in [-0.05, 0) is 88.5 Å². The highest BCUT2D eigenvalue weighted by molar-refractivity contribution is 5.66. The molecule has 0 aliphatic heterocycles. The van der Waals surface area contributed by atoms with Gasteiger partial charge in [-0.2, -0.15) is 0 Å². The van der Waals surface area contributed by atoms with Gasteiger partial charge in [0.2, 0.25) is 0 Å². The minimum atomic E-state index is -0.918. The Morgan fingerprint density at radius 1 is 1.03 bits per heavy atom. The molecular weight excluding hydrogens is 432 g/mol. The predicted octanol–water partition coefficient (Wildman–Crippen LogP) is 8.20. The quantitative estimate of drug-likeness (QED) is 0.136. The third-order valence-corrected chi connectivity index (χ3v) is 7.98. The van der Waals surface area contributed by atoms with Crippen molar-refractivity contribution in [1.29, 1.82) is 0 Å². The van der Waals surface area contributed by atoms with E-state index < -0.39 is 5.97 Å². The number of hydrogen-bond acceptors (Lipinski definition) is 3. The maximum absolute atomic E-state index is 10.8. The van der Waals surface area contributed by atoms with E-state index in [1.165, 1.54) is 55.2 Å². The third-order valence-electron chi connectivity index (χ3n) is 7.98. The van der Waals surface area contributed by atoms with Crippen molar-refractivity contribution in [3.05, 3.63) is 34.9 Å². The Bertz CT molecular complexity index is 687. The van der Waals surface area contributed by atoms with Crippen LogP contribution in [0.15, 0.2) is 34.9 Å². The number of carboxylic acid groups (broad SMARTS) is 1. The first kappa shape index (κ1) is 31.7. The Kier molecular flexibility index (Phi) is 16.3. The van der Waals surface area contributed by atoms with Crippen LogP contribution in [0, 0.1) is 23.7 Å². The molecule has 3 heteroatoms. The Morgan fingerprint density at radius 3 is 2.40 bits per heavy atom. The second kappa shape index (κ2) is 18.0. The van der Waals surface area contributed by atoms with E-state index in [2.05, 4.69) is 59.8 Å². The van der Waals surface area contributed by atoms with Crippen molar-refractivity contribution < 1.29 is 14.6 Å². The SMILES string of the molecule is CCCCOC1C(CCC(C)CCC/C(C)=C/CCC(C)CCCC(C)C(=O)[O-])=CC=C(C)C1C. The second-order valence-corrected chi connectivity index (χ2v) is 11.5. The van der Waals surface area contributed by atoms with Crippen molar-refractivity contribution in [3.63, 3.8) is 0 Å². The number of rotatable bonds is 19. The van der Waals surface area contributed by atoms with E-state index in [1.54, 1.807) is 6.92 Å². The molecule has 0 radical (unpaired) electrons. The van der Waals surface area contributed by atoms with Gasteiger partial charge in [0.25, 0.3) is 0 Å². The maximum Gasteiger partial charge on any atom is 0.0850 e. The number of ether oxygens (including phenoxy) is 1. The Hall–Kier alpha value is -1.35. The Balaban J connectivity index is 2.27. The van der Waals surface area contributed by atoms with Gasteiger partial charge in [-0.15, -0.1) is 0 Å². The molecule has 0 fully saturated rings. The molecule has 0 aromatic heterocycles. The minimum absolute atomic E-state index is 0.267. The summed E-state index contributed by atoms with van der Waals surface area (Å²) in [5, 5.41) is 10.8.